The first-order chi connectivity index (χ1) is 5.66. The predicted octanol–water partition coefficient (Wildman–Crippen LogP) is 1.07. The molecule has 0 atom stereocenters. The molecule has 0 fully saturated rings. The highest BCUT2D eigenvalue weighted by Gasteiger charge is 2.12. The smallest absolute Gasteiger partial charge is 0.290 e. The van der Waals surface area contributed by atoms with E-state index in [4.69, 9.17) is 16.6 Å². The summed E-state index contributed by atoms with van der Waals surface area (Å²) in [5.74, 6) is -0.962. The summed E-state index contributed by atoms with van der Waals surface area (Å²) in [4.78, 5) is 11.0. The zero-order chi connectivity index (χ0) is 9.14. The normalized spacial score (nSPS) is 9.42. The van der Waals surface area contributed by atoms with E-state index in [9.17, 15) is 9.90 Å². The van der Waals surface area contributed by atoms with Gasteiger partial charge in [-0.15, -0.1) is 0 Å². The summed E-state index contributed by atoms with van der Waals surface area (Å²) < 4.78 is 4.96. The molecule has 0 aromatic carbocycles. The fourth-order valence-corrected chi connectivity index (χ4v) is 0.833. The van der Waals surface area contributed by atoms with Gasteiger partial charge in [0.1, 0.15) is 0 Å². The van der Waals surface area contributed by atoms with E-state index in [0.717, 1.165) is 0 Å². The van der Waals surface area contributed by atoms with Gasteiger partial charge < -0.3 is 14.8 Å². The Bertz CT molecular complexity index is 358. The van der Waals surface area contributed by atoms with Crippen molar-refractivity contribution in [1.29, 1.82) is 0 Å². The van der Waals surface area contributed by atoms with Crippen molar-refractivity contribution < 1.29 is 14.3 Å². The number of carbonyl (C=O) groups excluding carboxylic acids is 1. The lowest BCUT2D eigenvalue weighted by Crippen LogP contribution is -2.17. The van der Waals surface area contributed by atoms with Crippen LogP contribution in [0.25, 0.3) is 0 Å². The van der Waals surface area contributed by atoms with Gasteiger partial charge in [0.2, 0.25) is 5.76 Å². The molecule has 0 saturated carbocycles. The molecule has 0 spiro atoms. The molecule has 0 saturated heterocycles. The minimum Gasteiger partial charge on any atom is -0.503 e. The maximum absolute atomic E-state index is 11.0. The van der Waals surface area contributed by atoms with Crippen molar-refractivity contribution in [3.63, 3.8) is 0 Å². The first-order valence-corrected chi connectivity index (χ1v) is 3.60. The molecule has 5 heteroatoms. The second-order valence-corrected chi connectivity index (χ2v) is 2.48. The Morgan fingerprint density at radius 1 is 1.75 bits per heavy atom. The average molecular weight is 185 g/mol. The van der Waals surface area contributed by atoms with Crippen LogP contribution >= 0.6 is 12.2 Å². The molecule has 1 aromatic rings. The Balaban J connectivity index is 3.26. The topological polar surface area (TPSA) is 62.5 Å². The summed E-state index contributed by atoms with van der Waals surface area (Å²) in [6, 6.07) is 1.40. The molecule has 4 nitrogen and oxygen atoms in total. The molecule has 12 heavy (non-hydrogen) atoms. The zero-order valence-corrected chi connectivity index (χ0v) is 7.14. The van der Waals surface area contributed by atoms with Crippen molar-refractivity contribution in [2.24, 2.45) is 0 Å². The molecular weight excluding hydrogens is 178 g/mol. The Hall–Kier alpha value is -1.36. The van der Waals surface area contributed by atoms with Crippen molar-refractivity contribution >= 4 is 18.1 Å². The van der Waals surface area contributed by atoms with Crippen LogP contribution in [0, 0.1) is 4.51 Å². The van der Waals surface area contributed by atoms with Gasteiger partial charge in [0, 0.05) is 7.05 Å². The second-order valence-electron chi connectivity index (χ2n) is 2.04. The van der Waals surface area contributed by atoms with Crippen LogP contribution in [0.2, 0.25) is 0 Å². The first-order valence-electron chi connectivity index (χ1n) is 3.19. The number of aromatic hydroxyl groups is 1. The Morgan fingerprint density at radius 3 is 3.00 bits per heavy atom. The van der Waals surface area contributed by atoms with Gasteiger partial charge in [-0.25, -0.2) is 0 Å². The van der Waals surface area contributed by atoms with Gasteiger partial charge in [-0.3, -0.25) is 4.79 Å². The minimum absolute atomic E-state index is 0.162. The van der Waals surface area contributed by atoms with Crippen molar-refractivity contribution in [2.75, 3.05) is 7.05 Å². The van der Waals surface area contributed by atoms with Crippen molar-refractivity contribution in [3.8, 4) is 5.75 Å². The molecule has 1 aromatic heterocycles. The SMILES string of the molecule is CNC(=O)c1occc(=S)c1O. The lowest BCUT2D eigenvalue weighted by atomic mass is 10.3. The van der Waals surface area contributed by atoms with Crippen molar-refractivity contribution in [3.05, 3.63) is 22.6 Å². The van der Waals surface area contributed by atoms with Crippen molar-refractivity contribution in [2.45, 2.75) is 0 Å². The lowest BCUT2D eigenvalue weighted by molar-refractivity contribution is 0.0928. The molecule has 0 aliphatic rings. The van der Waals surface area contributed by atoms with E-state index in [0.29, 0.717) is 0 Å². The lowest BCUT2D eigenvalue weighted by Gasteiger charge is -1.99. The van der Waals surface area contributed by atoms with Crippen LogP contribution in [0.1, 0.15) is 10.6 Å². The molecular formula is C7H7NO3S. The van der Waals surface area contributed by atoms with Crippen LogP contribution in [0.4, 0.5) is 0 Å². The Morgan fingerprint density at radius 2 is 2.42 bits per heavy atom. The molecule has 0 unspecified atom stereocenters. The largest absolute Gasteiger partial charge is 0.503 e. The third-order valence-electron chi connectivity index (χ3n) is 1.29. The summed E-state index contributed by atoms with van der Waals surface area (Å²) >= 11 is 4.72. The van der Waals surface area contributed by atoms with E-state index in [1.54, 1.807) is 0 Å². The van der Waals surface area contributed by atoms with Gasteiger partial charge in [-0.2, -0.15) is 0 Å². The number of carbonyl (C=O) groups is 1. The summed E-state index contributed by atoms with van der Waals surface area (Å²) in [5, 5.41) is 11.6. The fourth-order valence-electron chi connectivity index (χ4n) is 0.685. The average Bonchev–Trinajstić information content (AvgIpc) is 2.08. The molecule has 0 bridgehead atoms. The highest BCUT2D eigenvalue weighted by atomic mass is 32.1. The van der Waals surface area contributed by atoms with Gasteiger partial charge in [0.05, 0.1) is 10.8 Å². The van der Waals surface area contributed by atoms with Crippen LogP contribution in [0.15, 0.2) is 16.7 Å². The second kappa shape index (κ2) is 3.36. The van der Waals surface area contributed by atoms with Gasteiger partial charge in [-0.1, -0.05) is 12.2 Å². The molecule has 2 N–H and O–H groups in total. The molecule has 1 rings (SSSR count). The van der Waals surface area contributed by atoms with E-state index in [-0.39, 0.29) is 16.0 Å². The number of amides is 1. The van der Waals surface area contributed by atoms with Crippen LogP contribution in [-0.4, -0.2) is 18.1 Å². The highest BCUT2D eigenvalue weighted by molar-refractivity contribution is 7.71. The molecule has 0 aliphatic heterocycles. The molecule has 64 valence electrons. The molecule has 1 heterocycles. The summed E-state index contributed by atoms with van der Waals surface area (Å²) in [5.41, 5.74) is 0. The Kier molecular flexibility index (Phi) is 2.44. The molecule has 0 aliphatic carbocycles. The van der Waals surface area contributed by atoms with E-state index in [1.807, 2.05) is 0 Å². The van der Waals surface area contributed by atoms with Crippen LogP contribution in [0.5, 0.6) is 5.75 Å². The monoisotopic (exact) mass is 185 g/mol. The zero-order valence-electron chi connectivity index (χ0n) is 6.33. The maximum atomic E-state index is 11.0. The summed E-state index contributed by atoms with van der Waals surface area (Å²) in [7, 11) is 1.44. The highest BCUT2D eigenvalue weighted by Crippen LogP contribution is 2.17. The summed E-state index contributed by atoms with van der Waals surface area (Å²) in [6.45, 7) is 0. The molecule has 0 radical (unpaired) electrons. The number of nitrogens with one attached hydrogen (secondary N) is 1. The van der Waals surface area contributed by atoms with Crippen LogP contribution in [-0.2, 0) is 0 Å². The van der Waals surface area contributed by atoms with Gasteiger partial charge in [0.25, 0.3) is 5.91 Å². The molecule has 1 amide bonds. The first kappa shape index (κ1) is 8.73. The van der Waals surface area contributed by atoms with Crippen LogP contribution in [0.3, 0.4) is 0 Å². The summed E-state index contributed by atoms with van der Waals surface area (Å²) in [6.07, 6.45) is 1.26. The van der Waals surface area contributed by atoms with Crippen molar-refractivity contribution in [1.82, 2.24) is 5.32 Å². The van der Waals surface area contributed by atoms with E-state index in [1.165, 1.54) is 19.4 Å². The van der Waals surface area contributed by atoms with Crippen LogP contribution < -0.4 is 5.32 Å². The van der Waals surface area contributed by atoms with Gasteiger partial charge in [0.15, 0.2) is 5.75 Å². The Labute approximate surface area is 73.8 Å². The minimum atomic E-state index is -0.501. The van der Waals surface area contributed by atoms with E-state index in [2.05, 4.69) is 5.32 Å². The van der Waals surface area contributed by atoms with Gasteiger partial charge in [-0.05, 0) is 6.07 Å². The number of rotatable bonds is 1. The predicted molar refractivity (Wildman–Crippen MR) is 44.6 cm³/mol. The third-order valence-corrected chi connectivity index (χ3v) is 1.62. The number of hydrogen-bond donors (Lipinski definition) is 2. The maximum Gasteiger partial charge on any atom is 0.290 e. The standard InChI is InChI=1S/C7H7NO3S/c1-8-7(10)6-5(9)4(12)2-3-11-6/h2-3,9H,1H3,(H,8,10). The van der Waals surface area contributed by atoms with E-state index < -0.39 is 5.91 Å². The third kappa shape index (κ3) is 1.45. The fraction of sp³-hybridized carbons (Fsp3) is 0.143. The quantitative estimate of drug-likeness (QED) is 0.642. The van der Waals surface area contributed by atoms with E-state index >= 15 is 0 Å². The number of hydrogen-bond acceptors (Lipinski definition) is 4. The van der Waals surface area contributed by atoms with Gasteiger partial charge >= 0.3 is 0 Å².